The van der Waals surface area contributed by atoms with E-state index in [0.29, 0.717) is 10.6 Å². The number of methoxy groups -OCH3 is 1. The van der Waals surface area contributed by atoms with E-state index in [0.717, 1.165) is 11.3 Å². The number of halogens is 1. The van der Waals surface area contributed by atoms with Crippen molar-refractivity contribution >= 4 is 17.5 Å². The van der Waals surface area contributed by atoms with E-state index in [9.17, 15) is 4.79 Å². The lowest BCUT2D eigenvalue weighted by atomic mass is 10.1. The maximum absolute atomic E-state index is 12.1. The van der Waals surface area contributed by atoms with Gasteiger partial charge in [-0.2, -0.15) is 0 Å². The van der Waals surface area contributed by atoms with Crippen LogP contribution in [0.15, 0.2) is 48.5 Å². The minimum absolute atomic E-state index is 0.0816. The first kappa shape index (κ1) is 14.4. The fraction of sp³-hybridized carbons (Fsp3) is 0.188. The molecule has 0 aliphatic rings. The van der Waals surface area contributed by atoms with E-state index in [1.54, 1.807) is 31.4 Å². The molecule has 0 aliphatic heterocycles. The monoisotopic (exact) mass is 289 g/mol. The van der Waals surface area contributed by atoms with Crippen LogP contribution in [0.5, 0.6) is 5.75 Å². The summed E-state index contributed by atoms with van der Waals surface area (Å²) in [6.07, 6.45) is 0. The first-order valence-corrected chi connectivity index (χ1v) is 6.68. The Kier molecular flexibility index (Phi) is 4.64. The van der Waals surface area contributed by atoms with Crippen molar-refractivity contribution in [2.75, 3.05) is 7.11 Å². The Hall–Kier alpha value is -2.00. The van der Waals surface area contributed by atoms with E-state index in [1.807, 2.05) is 31.2 Å². The van der Waals surface area contributed by atoms with Crippen molar-refractivity contribution < 1.29 is 9.53 Å². The highest BCUT2D eigenvalue weighted by Crippen LogP contribution is 2.17. The fourth-order valence-electron chi connectivity index (χ4n) is 1.86. The summed E-state index contributed by atoms with van der Waals surface area (Å²) in [4.78, 5) is 12.1. The number of nitrogens with one attached hydrogen (secondary N) is 1. The predicted molar refractivity (Wildman–Crippen MR) is 80.3 cm³/mol. The Labute approximate surface area is 123 Å². The largest absolute Gasteiger partial charge is 0.497 e. The van der Waals surface area contributed by atoms with Gasteiger partial charge in [0.1, 0.15) is 5.75 Å². The number of hydrogen-bond donors (Lipinski definition) is 1. The van der Waals surface area contributed by atoms with Gasteiger partial charge in [-0.25, -0.2) is 0 Å². The van der Waals surface area contributed by atoms with Crippen LogP contribution in [0.25, 0.3) is 0 Å². The van der Waals surface area contributed by atoms with Crippen LogP contribution in [-0.2, 0) is 0 Å². The van der Waals surface area contributed by atoms with Crippen LogP contribution >= 0.6 is 11.6 Å². The lowest BCUT2D eigenvalue weighted by Gasteiger charge is -2.14. The second-order valence-corrected chi connectivity index (χ2v) is 4.91. The van der Waals surface area contributed by atoms with Crippen LogP contribution in [0.2, 0.25) is 5.02 Å². The summed E-state index contributed by atoms with van der Waals surface area (Å²) in [5, 5.41) is 3.63. The average Bonchev–Trinajstić information content (AvgIpc) is 2.48. The molecule has 2 rings (SSSR count). The standard InChI is InChI=1S/C16H16ClNO2/c1-11(12-3-7-14(17)8-4-12)18-16(19)13-5-9-15(20-2)10-6-13/h3-11H,1-2H3,(H,18,19). The van der Waals surface area contributed by atoms with Crippen LogP contribution in [0, 0.1) is 0 Å². The van der Waals surface area contributed by atoms with Crippen molar-refractivity contribution in [3.05, 3.63) is 64.7 Å². The summed E-state index contributed by atoms with van der Waals surface area (Å²) in [5.74, 6) is 0.613. The van der Waals surface area contributed by atoms with Crippen molar-refractivity contribution in [2.45, 2.75) is 13.0 Å². The summed E-state index contributed by atoms with van der Waals surface area (Å²) in [7, 11) is 1.59. The zero-order valence-electron chi connectivity index (χ0n) is 11.4. The van der Waals surface area contributed by atoms with Gasteiger partial charge in [0.25, 0.3) is 5.91 Å². The van der Waals surface area contributed by atoms with Gasteiger partial charge >= 0.3 is 0 Å². The summed E-state index contributed by atoms with van der Waals surface area (Å²) in [6.45, 7) is 1.94. The van der Waals surface area contributed by atoms with Gasteiger partial charge in [0.2, 0.25) is 0 Å². The van der Waals surface area contributed by atoms with Crippen molar-refractivity contribution in [2.24, 2.45) is 0 Å². The molecule has 0 bridgehead atoms. The smallest absolute Gasteiger partial charge is 0.251 e. The minimum atomic E-state index is -0.116. The van der Waals surface area contributed by atoms with Crippen molar-refractivity contribution in [3.63, 3.8) is 0 Å². The molecule has 4 heteroatoms. The normalized spacial score (nSPS) is 11.8. The van der Waals surface area contributed by atoms with Gasteiger partial charge in [-0.1, -0.05) is 23.7 Å². The van der Waals surface area contributed by atoms with E-state index >= 15 is 0 Å². The van der Waals surface area contributed by atoms with E-state index in [1.165, 1.54) is 0 Å². The molecule has 0 aromatic heterocycles. The number of carbonyl (C=O) groups is 1. The van der Waals surface area contributed by atoms with Crippen molar-refractivity contribution in [3.8, 4) is 5.75 Å². The summed E-state index contributed by atoms with van der Waals surface area (Å²) in [5.41, 5.74) is 1.61. The Morgan fingerprint density at radius 1 is 1.10 bits per heavy atom. The molecule has 0 saturated carbocycles. The number of amides is 1. The molecule has 0 fully saturated rings. The Bertz CT molecular complexity index is 578. The molecule has 1 amide bonds. The molecule has 1 atom stereocenters. The number of ether oxygens (including phenoxy) is 1. The zero-order valence-corrected chi connectivity index (χ0v) is 12.1. The highest BCUT2D eigenvalue weighted by Gasteiger charge is 2.11. The van der Waals surface area contributed by atoms with Crippen LogP contribution in [0.1, 0.15) is 28.9 Å². The molecule has 0 aliphatic carbocycles. The van der Waals surface area contributed by atoms with Gasteiger partial charge in [-0.05, 0) is 48.9 Å². The van der Waals surface area contributed by atoms with E-state index in [-0.39, 0.29) is 11.9 Å². The molecule has 2 aromatic rings. The van der Waals surface area contributed by atoms with Gasteiger partial charge < -0.3 is 10.1 Å². The molecule has 1 unspecified atom stereocenters. The van der Waals surface area contributed by atoms with Crippen molar-refractivity contribution in [1.82, 2.24) is 5.32 Å². The first-order chi connectivity index (χ1) is 9.60. The number of carbonyl (C=O) groups excluding carboxylic acids is 1. The Morgan fingerprint density at radius 2 is 1.70 bits per heavy atom. The molecule has 104 valence electrons. The Balaban J connectivity index is 2.04. The molecule has 0 spiro atoms. The first-order valence-electron chi connectivity index (χ1n) is 6.30. The van der Waals surface area contributed by atoms with Gasteiger partial charge in [0.05, 0.1) is 13.2 Å². The molecule has 3 nitrogen and oxygen atoms in total. The highest BCUT2D eigenvalue weighted by molar-refractivity contribution is 6.30. The quantitative estimate of drug-likeness (QED) is 0.929. The molecule has 0 saturated heterocycles. The van der Waals surface area contributed by atoms with E-state index in [4.69, 9.17) is 16.3 Å². The molecule has 20 heavy (non-hydrogen) atoms. The maximum atomic E-state index is 12.1. The Morgan fingerprint density at radius 3 is 2.25 bits per heavy atom. The second kappa shape index (κ2) is 6.44. The minimum Gasteiger partial charge on any atom is -0.497 e. The second-order valence-electron chi connectivity index (χ2n) is 4.48. The third kappa shape index (κ3) is 3.52. The van der Waals surface area contributed by atoms with E-state index in [2.05, 4.69) is 5.32 Å². The van der Waals surface area contributed by atoms with Gasteiger partial charge in [0, 0.05) is 10.6 Å². The van der Waals surface area contributed by atoms with Crippen LogP contribution < -0.4 is 10.1 Å². The average molecular weight is 290 g/mol. The molecule has 1 N–H and O–H groups in total. The molecule has 0 heterocycles. The van der Waals surface area contributed by atoms with Gasteiger partial charge in [-0.15, -0.1) is 0 Å². The summed E-state index contributed by atoms with van der Waals surface area (Å²) >= 11 is 5.85. The van der Waals surface area contributed by atoms with Gasteiger partial charge in [-0.3, -0.25) is 4.79 Å². The third-order valence-electron chi connectivity index (χ3n) is 3.07. The highest BCUT2D eigenvalue weighted by atomic mass is 35.5. The SMILES string of the molecule is COc1ccc(C(=O)NC(C)c2ccc(Cl)cc2)cc1. The van der Waals surface area contributed by atoms with Crippen LogP contribution in [-0.4, -0.2) is 13.0 Å². The summed E-state index contributed by atoms with van der Waals surface area (Å²) < 4.78 is 5.07. The molecule has 0 radical (unpaired) electrons. The zero-order chi connectivity index (χ0) is 14.5. The molecule has 2 aromatic carbocycles. The number of rotatable bonds is 4. The lowest BCUT2D eigenvalue weighted by Crippen LogP contribution is -2.26. The predicted octanol–water partition coefficient (Wildman–Crippen LogP) is 3.84. The number of hydrogen-bond acceptors (Lipinski definition) is 2. The molecular weight excluding hydrogens is 274 g/mol. The van der Waals surface area contributed by atoms with Gasteiger partial charge in [0.15, 0.2) is 0 Å². The topological polar surface area (TPSA) is 38.3 Å². The maximum Gasteiger partial charge on any atom is 0.251 e. The van der Waals surface area contributed by atoms with Crippen LogP contribution in [0.4, 0.5) is 0 Å². The molecular formula is C16H16ClNO2. The fourth-order valence-corrected chi connectivity index (χ4v) is 1.98. The van der Waals surface area contributed by atoms with Crippen molar-refractivity contribution in [1.29, 1.82) is 0 Å². The number of benzene rings is 2. The lowest BCUT2D eigenvalue weighted by molar-refractivity contribution is 0.0940. The third-order valence-corrected chi connectivity index (χ3v) is 3.32. The summed E-state index contributed by atoms with van der Waals surface area (Å²) in [6, 6.07) is 14.4. The van der Waals surface area contributed by atoms with Crippen LogP contribution in [0.3, 0.4) is 0 Å². The van der Waals surface area contributed by atoms with E-state index < -0.39 is 0 Å².